The maximum absolute atomic E-state index is 12.3. The second-order valence-corrected chi connectivity index (χ2v) is 7.01. The molecule has 1 unspecified atom stereocenters. The van der Waals surface area contributed by atoms with Gasteiger partial charge in [-0.2, -0.15) is 0 Å². The second-order valence-electron chi connectivity index (χ2n) is 6.57. The van der Waals surface area contributed by atoms with E-state index in [0.717, 1.165) is 30.0 Å². The van der Waals surface area contributed by atoms with E-state index in [1.165, 1.54) is 6.08 Å². The average Bonchev–Trinajstić information content (AvgIpc) is 2.74. The molecule has 1 aliphatic rings. The molecule has 0 spiro atoms. The van der Waals surface area contributed by atoms with Gasteiger partial charge in [-0.15, -0.1) is 0 Å². The van der Waals surface area contributed by atoms with Gasteiger partial charge in [0.25, 0.3) is 0 Å². The van der Waals surface area contributed by atoms with Gasteiger partial charge in [0.15, 0.2) is 0 Å². The maximum atomic E-state index is 12.3. The first-order valence-corrected chi connectivity index (χ1v) is 9.71. The number of nitrogens with zero attached hydrogens (tertiary/aromatic N) is 1. The Morgan fingerprint density at radius 2 is 2.00 bits per heavy atom. The fourth-order valence-electron chi connectivity index (χ4n) is 3.21. The van der Waals surface area contributed by atoms with Gasteiger partial charge in [0, 0.05) is 30.7 Å². The van der Waals surface area contributed by atoms with Crippen molar-refractivity contribution in [3.63, 3.8) is 0 Å². The van der Waals surface area contributed by atoms with E-state index in [9.17, 15) is 4.79 Å². The number of carbonyl (C=O) groups is 1. The predicted molar refractivity (Wildman–Crippen MR) is 112 cm³/mol. The molecule has 5 nitrogen and oxygen atoms in total. The number of methoxy groups -OCH3 is 1. The van der Waals surface area contributed by atoms with Gasteiger partial charge in [0.05, 0.1) is 26.4 Å². The van der Waals surface area contributed by atoms with E-state index in [4.69, 9.17) is 21.1 Å². The van der Waals surface area contributed by atoms with Gasteiger partial charge in [-0.05, 0) is 41.5 Å². The van der Waals surface area contributed by atoms with Crippen LogP contribution < -0.4 is 10.1 Å². The Morgan fingerprint density at radius 3 is 2.68 bits per heavy atom. The van der Waals surface area contributed by atoms with E-state index in [1.54, 1.807) is 19.3 Å². The number of rotatable bonds is 7. The van der Waals surface area contributed by atoms with Crippen LogP contribution in [0.2, 0.25) is 5.02 Å². The molecule has 0 aromatic heterocycles. The van der Waals surface area contributed by atoms with Crippen molar-refractivity contribution in [1.29, 1.82) is 0 Å². The summed E-state index contributed by atoms with van der Waals surface area (Å²) in [5.41, 5.74) is 2.03. The van der Waals surface area contributed by atoms with Crippen LogP contribution in [0, 0.1) is 0 Å². The monoisotopic (exact) mass is 400 g/mol. The highest BCUT2D eigenvalue weighted by molar-refractivity contribution is 6.30. The number of hydrogen-bond acceptors (Lipinski definition) is 4. The van der Waals surface area contributed by atoms with Crippen molar-refractivity contribution in [3.05, 3.63) is 70.8 Å². The summed E-state index contributed by atoms with van der Waals surface area (Å²) < 4.78 is 10.7. The Morgan fingerprint density at radius 1 is 1.25 bits per heavy atom. The summed E-state index contributed by atoms with van der Waals surface area (Å²) in [6.07, 6.45) is 3.30. The molecule has 3 rings (SSSR count). The Kier molecular flexibility index (Phi) is 7.48. The number of hydrogen-bond donors (Lipinski definition) is 1. The fraction of sp³-hybridized carbons (Fsp3) is 0.318. The predicted octanol–water partition coefficient (Wildman–Crippen LogP) is 3.55. The van der Waals surface area contributed by atoms with E-state index in [1.807, 2.05) is 42.5 Å². The van der Waals surface area contributed by atoms with Gasteiger partial charge in [-0.3, -0.25) is 9.69 Å². The van der Waals surface area contributed by atoms with Crippen molar-refractivity contribution in [1.82, 2.24) is 10.2 Å². The molecule has 1 atom stereocenters. The molecule has 0 radical (unpaired) electrons. The second kappa shape index (κ2) is 10.3. The molecule has 0 bridgehead atoms. The topological polar surface area (TPSA) is 50.8 Å². The van der Waals surface area contributed by atoms with Crippen LogP contribution >= 0.6 is 11.6 Å². The average molecular weight is 401 g/mol. The highest BCUT2D eigenvalue weighted by Gasteiger charge is 2.23. The third-order valence-electron chi connectivity index (χ3n) is 4.73. The van der Waals surface area contributed by atoms with Gasteiger partial charge >= 0.3 is 0 Å². The van der Waals surface area contributed by atoms with Crippen LogP contribution in [0.3, 0.4) is 0 Å². The Hall–Kier alpha value is -2.34. The van der Waals surface area contributed by atoms with Crippen molar-refractivity contribution < 1.29 is 14.3 Å². The van der Waals surface area contributed by atoms with E-state index in [-0.39, 0.29) is 11.9 Å². The minimum Gasteiger partial charge on any atom is -0.497 e. The van der Waals surface area contributed by atoms with Crippen molar-refractivity contribution in [3.8, 4) is 5.75 Å². The summed E-state index contributed by atoms with van der Waals surface area (Å²) in [6, 6.07) is 15.5. The van der Waals surface area contributed by atoms with Crippen molar-refractivity contribution in [2.24, 2.45) is 0 Å². The zero-order valence-electron chi connectivity index (χ0n) is 15.9. The van der Waals surface area contributed by atoms with E-state index in [2.05, 4.69) is 10.2 Å². The van der Waals surface area contributed by atoms with Gasteiger partial charge in [-0.25, -0.2) is 0 Å². The van der Waals surface area contributed by atoms with E-state index >= 15 is 0 Å². The first-order chi connectivity index (χ1) is 13.7. The van der Waals surface area contributed by atoms with Crippen LogP contribution in [0.1, 0.15) is 17.2 Å². The summed E-state index contributed by atoms with van der Waals surface area (Å²) in [7, 11) is 1.65. The molecule has 1 aliphatic heterocycles. The van der Waals surface area contributed by atoms with Gasteiger partial charge in [-0.1, -0.05) is 35.9 Å². The minimum atomic E-state index is -0.133. The molecule has 1 fully saturated rings. The number of morpholine rings is 1. The third-order valence-corrected chi connectivity index (χ3v) is 4.97. The smallest absolute Gasteiger partial charge is 0.244 e. The lowest BCUT2D eigenvalue weighted by Crippen LogP contribution is -2.43. The number of halogens is 1. The molecule has 0 saturated carbocycles. The molecule has 1 amide bonds. The third kappa shape index (κ3) is 5.83. The lowest BCUT2D eigenvalue weighted by atomic mass is 10.0. The summed E-state index contributed by atoms with van der Waals surface area (Å²) in [5.74, 6) is 0.685. The normalized spacial score (nSPS) is 16.1. The van der Waals surface area contributed by atoms with Gasteiger partial charge < -0.3 is 14.8 Å². The fourth-order valence-corrected chi connectivity index (χ4v) is 3.41. The van der Waals surface area contributed by atoms with Crippen molar-refractivity contribution in [2.75, 3.05) is 40.0 Å². The lowest BCUT2D eigenvalue weighted by Gasteiger charge is -2.34. The first-order valence-electron chi connectivity index (χ1n) is 9.33. The summed E-state index contributed by atoms with van der Waals surface area (Å²) in [6.45, 7) is 3.60. The van der Waals surface area contributed by atoms with Crippen LogP contribution in [-0.4, -0.2) is 50.8 Å². The maximum Gasteiger partial charge on any atom is 0.244 e. The Labute approximate surface area is 170 Å². The first kappa shape index (κ1) is 20.4. The number of carbonyl (C=O) groups excluding carboxylic acids is 1. The van der Waals surface area contributed by atoms with Crippen LogP contribution in [0.5, 0.6) is 5.75 Å². The summed E-state index contributed by atoms with van der Waals surface area (Å²) in [4.78, 5) is 14.7. The molecule has 6 heteroatoms. The molecule has 1 saturated heterocycles. The largest absolute Gasteiger partial charge is 0.497 e. The van der Waals surface area contributed by atoms with Crippen LogP contribution in [0.4, 0.5) is 0 Å². The van der Waals surface area contributed by atoms with Gasteiger partial charge in [0.2, 0.25) is 5.91 Å². The Bertz CT molecular complexity index is 802. The highest BCUT2D eigenvalue weighted by atomic mass is 35.5. The molecule has 0 aliphatic carbocycles. The minimum absolute atomic E-state index is 0.0818. The van der Waals surface area contributed by atoms with Crippen LogP contribution in [-0.2, 0) is 9.53 Å². The van der Waals surface area contributed by atoms with Gasteiger partial charge in [0.1, 0.15) is 5.75 Å². The number of amides is 1. The quantitative estimate of drug-likeness (QED) is 0.722. The molecule has 28 heavy (non-hydrogen) atoms. The molecule has 2 aromatic rings. The van der Waals surface area contributed by atoms with Crippen LogP contribution in [0.15, 0.2) is 54.6 Å². The summed E-state index contributed by atoms with van der Waals surface area (Å²) in [5, 5.41) is 3.67. The standard InChI is InChI=1S/C22H25ClN2O3/c1-27-20-8-6-18(7-9-20)21(25-11-13-28-14-12-25)16-24-22(26)10-5-17-3-2-4-19(23)15-17/h2-10,15,21H,11-14,16H2,1H3,(H,24,26). The zero-order chi connectivity index (χ0) is 19.8. The molecular formula is C22H25ClN2O3. The molecule has 148 valence electrons. The van der Waals surface area contributed by atoms with Crippen molar-refractivity contribution in [2.45, 2.75) is 6.04 Å². The molecule has 2 aromatic carbocycles. The Balaban J connectivity index is 1.65. The molecule has 1 N–H and O–H groups in total. The van der Waals surface area contributed by atoms with Crippen molar-refractivity contribution >= 4 is 23.6 Å². The summed E-state index contributed by atoms with van der Waals surface area (Å²) >= 11 is 5.98. The lowest BCUT2D eigenvalue weighted by molar-refractivity contribution is -0.116. The molecule has 1 heterocycles. The van der Waals surface area contributed by atoms with E-state index in [0.29, 0.717) is 24.8 Å². The highest BCUT2D eigenvalue weighted by Crippen LogP contribution is 2.23. The number of nitrogens with one attached hydrogen (secondary N) is 1. The van der Waals surface area contributed by atoms with E-state index < -0.39 is 0 Å². The molecular weight excluding hydrogens is 376 g/mol. The zero-order valence-corrected chi connectivity index (χ0v) is 16.7. The van der Waals surface area contributed by atoms with Crippen LogP contribution in [0.25, 0.3) is 6.08 Å². The SMILES string of the molecule is COc1ccc(C(CNC(=O)C=Cc2cccc(Cl)c2)N2CCOCC2)cc1. The number of benzene rings is 2. The number of ether oxygens (including phenoxy) is 2.